The van der Waals surface area contributed by atoms with Gasteiger partial charge in [0.2, 0.25) is 0 Å². The Hall–Kier alpha value is -0.840. The first-order valence-corrected chi connectivity index (χ1v) is 12.4. The van der Waals surface area contributed by atoms with Crippen molar-refractivity contribution in [1.82, 2.24) is 0 Å². The van der Waals surface area contributed by atoms with Gasteiger partial charge in [-0.15, -0.1) is 0 Å². The lowest BCUT2D eigenvalue weighted by molar-refractivity contribution is 0.0154. The molecule has 0 aliphatic rings. The van der Waals surface area contributed by atoms with E-state index in [1.165, 1.54) is 0 Å². The van der Waals surface area contributed by atoms with Gasteiger partial charge in [-0.05, 0) is 36.1 Å². The number of nitrogens with two attached hydrogens (primary N) is 1. The quantitative estimate of drug-likeness (QED) is 0.136. The molecular formula is C16H29NO10P2. The molecule has 0 radical (unpaired) electrons. The highest BCUT2D eigenvalue weighted by molar-refractivity contribution is 7.52. The fraction of sp³-hybridized carbons (Fsp3) is 0.625. The summed E-state index contributed by atoms with van der Waals surface area (Å²) in [4.78, 5) is 36.2. The van der Waals surface area contributed by atoms with Gasteiger partial charge in [-0.1, -0.05) is 6.07 Å². The Kier molecular flexibility index (Phi) is 10.4. The van der Waals surface area contributed by atoms with Gasteiger partial charge in [0.25, 0.3) is 0 Å². The van der Waals surface area contributed by atoms with Crippen molar-refractivity contribution in [1.29, 1.82) is 0 Å². The van der Waals surface area contributed by atoms with E-state index in [-0.39, 0.29) is 45.0 Å². The van der Waals surface area contributed by atoms with E-state index in [1.54, 1.807) is 18.2 Å². The number of ether oxygens (including phenoxy) is 2. The van der Waals surface area contributed by atoms with Crippen molar-refractivity contribution in [3.8, 4) is 5.75 Å². The number of aliphatic hydroxyl groups is 2. The molecule has 0 saturated carbocycles. The summed E-state index contributed by atoms with van der Waals surface area (Å²) in [6, 6.07) is 4.80. The Morgan fingerprint density at radius 2 is 1.34 bits per heavy atom. The zero-order valence-corrected chi connectivity index (χ0v) is 17.7. The number of aryl methyl sites for hydroxylation is 2. The third kappa shape index (κ3) is 11.8. The van der Waals surface area contributed by atoms with Crippen LogP contribution in [0.1, 0.15) is 11.1 Å². The first kappa shape index (κ1) is 26.2. The molecule has 168 valence electrons. The summed E-state index contributed by atoms with van der Waals surface area (Å²) in [5.74, 6) is 0.362. The Morgan fingerprint density at radius 1 is 0.862 bits per heavy atom. The molecule has 1 rings (SSSR count). The second kappa shape index (κ2) is 11.5. The van der Waals surface area contributed by atoms with Crippen molar-refractivity contribution in [3.63, 3.8) is 0 Å². The second-order valence-electron chi connectivity index (χ2n) is 6.84. The van der Waals surface area contributed by atoms with Gasteiger partial charge >= 0.3 is 15.2 Å². The molecule has 0 amide bonds. The van der Waals surface area contributed by atoms with Gasteiger partial charge in [-0.2, -0.15) is 0 Å². The van der Waals surface area contributed by atoms with Crippen molar-refractivity contribution in [2.24, 2.45) is 5.73 Å². The molecule has 13 heteroatoms. The van der Waals surface area contributed by atoms with E-state index in [0.29, 0.717) is 16.9 Å². The molecule has 0 bridgehead atoms. The molecule has 1 aromatic carbocycles. The lowest BCUT2D eigenvalue weighted by atomic mass is 10.1. The average Bonchev–Trinajstić information content (AvgIpc) is 2.63. The Labute approximate surface area is 168 Å². The molecule has 0 spiro atoms. The summed E-state index contributed by atoms with van der Waals surface area (Å²) in [5, 5.41) is 18.2. The fourth-order valence-corrected chi connectivity index (χ4v) is 3.38. The van der Waals surface area contributed by atoms with Crippen LogP contribution >= 0.6 is 15.2 Å². The fourth-order valence-electron chi connectivity index (χ4n) is 2.29. The van der Waals surface area contributed by atoms with Crippen LogP contribution in [0.4, 0.5) is 0 Å². The predicted molar refractivity (Wildman–Crippen MR) is 105 cm³/mol. The molecular weight excluding hydrogens is 428 g/mol. The molecule has 1 aromatic rings. The van der Waals surface area contributed by atoms with E-state index < -0.39 is 33.9 Å². The SMILES string of the molecule is NC(CO)(CO)COCCOc1cc(CCP(=O)(O)O)cc(CCP(=O)(O)O)c1. The van der Waals surface area contributed by atoms with Crippen molar-refractivity contribution >= 4 is 15.2 Å². The zero-order chi connectivity index (χ0) is 22.1. The highest BCUT2D eigenvalue weighted by Gasteiger charge is 2.23. The highest BCUT2D eigenvalue weighted by Crippen LogP contribution is 2.37. The maximum absolute atomic E-state index is 11.1. The van der Waals surface area contributed by atoms with Gasteiger partial charge in [0.05, 0.1) is 44.3 Å². The van der Waals surface area contributed by atoms with Crippen molar-refractivity contribution in [2.75, 3.05) is 45.4 Å². The summed E-state index contributed by atoms with van der Waals surface area (Å²) in [5.41, 5.74) is 5.55. The summed E-state index contributed by atoms with van der Waals surface area (Å²) in [6.45, 7) is -0.792. The highest BCUT2D eigenvalue weighted by atomic mass is 31.2. The van der Waals surface area contributed by atoms with Gasteiger partial charge in [0.1, 0.15) is 12.4 Å². The van der Waals surface area contributed by atoms with E-state index in [9.17, 15) is 9.13 Å². The summed E-state index contributed by atoms with van der Waals surface area (Å²) >= 11 is 0. The molecule has 0 atom stereocenters. The monoisotopic (exact) mass is 457 g/mol. The molecule has 0 aliphatic carbocycles. The van der Waals surface area contributed by atoms with Crippen molar-refractivity contribution in [3.05, 3.63) is 29.3 Å². The average molecular weight is 457 g/mol. The zero-order valence-electron chi connectivity index (χ0n) is 15.9. The van der Waals surface area contributed by atoms with Gasteiger partial charge in [-0.3, -0.25) is 9.13 Å². The second-order valence-corrected chi connectivity index (χ2v) is 10.4. The van der Waals surface area contributed by atoms with E-state index in [4.69, 9.17) is 45.0 Å². The summed E-state index contributed by atoms with van der Waals surface area (Å²) in [7, 11) is -8.39. The Morgan fingerprint density at radius 3 is 1.76 bits per heavy atom. The molecule has 0 saturated heterocycles. The normalized spacial score (nSPS) is 12.9. The van der Waals surface area contributed by atoms with Crippen LogP contribution in [0.5, 0.6) is 5.75 Å². The minimum Gasteiger partial charge on any atom is -0.491 e. The maximum Gasteiger partial charge on any atom is 0.325 e. The van der Waals surface area contributed by atoms with Crippen LogP contribution in [0.25, 0.3) is 0 Å². The minimum atomic E-state index is -4.19. The third-order valence-electron chi connectivity index (χ3n) is 3.93. The van der Waals surface area contributed by atoms with Gasteiger partial charge < -0.3 is 45.0 Å². The van der Waals surface area contributed by atoms with Crippen LogP contribution in [0.15, 0.2) is 18.2 Å². The smallest absolute Gasteiger partial charge is 0.325 e. The topological polar surface area (TPSA) is 200 Å². The number of hydrogen-bond acceptors (Lipinski definition) is 7. The van der Waals surface area contributed by atoms with Crippen LogP contribution in [0.2, 0.25) is 0 Å². The van der Waals surface area contributed by atoms with Gasteiger partial charge in [-0.25, -0.2) is 0 Å². The lowest BCUT2D eigenvalue weighted by Gasteiger charge is -2.24. The largest absolute Gasteiger partial charge is 0.491 e. The molecule has 0 heterocycles. The number of aliphatic hydroxyl groups excluding tert-OH is 2. The standard InChI is InChI=1S/C16H29NO10P2/c17-16(10-18,11-19)12-26-3-4-27-15-8-13(1-5-28(20,21)22)7-14(9-15)2-6-29(23,24)25/h7-9,18-19H,1-6,10-12,17H2,(H2,20,21,22)(H2,23,24,25). The maximum atomic E-state index is 11.1. The Bertz CT molecular complexity index is 684. The molecule has 0 fully saturated rings. The molecule has 0 aromatic heterocycles. The minimum absolute atomic E-state index is 0.0730. The molecule has 0 aliphatic heterocycles. The van der Waals surface area contributed by atoms with Gasteiger partial charge in [0, 0.05) is 0 Å². The molecule has 8 N–H and O–H groups in total. The van der Waals surface area contributed by atoms with Crippen molar-refractivity contribution < 1.29 is 48.4 Å². The summed E-state index contributed by atoms with van der Waals surface area (Å²) in [6.07, 6.45) is -0.579. The van der Waals surface area contributed by atoms with Crippen LogP contribution in [-0.2, 0) is 26.7 Å². The van der Waals surface area contributed by atoms with E-state index >= 15 is 0 Å². The van der Waals surface area contributed by atoms with Crippen LogP contribution in [-0.4, -0.2) is 80.7 Å². The molecule has 11 nitrogen and oxygen atoms in total. The van der Waals surface area contributed by atoms with Crippen molar-refractivity contribution in [2.45, 2.75) is 18.4 Å². The van der Waals surface area contributed by atoms with E-state index in [0.717, 1.165) is 0 Å². The van der Waals surface area contributed by atoms with Gasteiger partial charge in [0.15, 0.2) is 0 Å². The summed E-state index contributed by atoms with van der Waals surface area (Å²) < 4.78 is 33.0. The Balaban J connectivity index is 2.72. The number of hydrogen-bond donors (Lipinski definition) is 7. The lowest BCUT2D eigenvalue weighted by Crippen LogP contribution is -2.51. The number of benzene rings is 1. The van der Waals surface area contributed by atoms with Crippen LogP contribution in [0, 0.1) is 0 Å². The van der Waals surface area contributed by atoms with E-state index in [2.05, 4.69) is 0 Å². The first-order chi connectivity index (χ1) is 13.4. The van der Waals surface area contributed by atoms with Crippen LogP contribution in [0.3, 0.4) is 0 Å². The molecule has 29 heavy (non-hydrogen) atoms. The third-order valence-corrected chi connectivity index (χ3v) is 5.54. The van der Waals surface area contributed by atoms with E-state index in [1.807, 2.05) is 0 Å². The molecule has 0 unspecified atom stereocenters. The van der Waals surface area contributed by atoms with Crippen LogP contribution < -0.4 is 10.5 Å². The number of rotatable bonds is 14. The predicted octanol–water partition coefficient (Wildman–Crippen LogP) is -0.795. The first-order valence-electron chi connectivity index (χ1n) is 8.79.